The summed E-state index contributed by atoms with van der Waals surface area (Å²) in [6.07, 6.45) is 7.78. The van der Waals surface area contributed by atoms with Gasteiger partial charge in [-0.3, -0.25) is 19.2 Å². The lowest BCUT2D eigenvalue weighted by molar-refractivity contribution is -0.143. The first-order valence-electron chi connectivity index (χ1n) is 16.1. The molecule has 0 saturated carbocycles. The SMILES string of the molecule is CNC(=O)c1nnc(Nc2ccc(N3CCN(C(CCCCCC=O)C(=O)O)CC3)cn2)cc1Nc1cccc(-c2ncn(C)n2)c1OC. The number of methoxy groups -OCH3 is 1. The highest BCUT2D eigenvalue weighted by atomic mass is 16.5. The Labute approximate surface area is 283 Å². The van der Waals surface area contributed by atoms with Crippen LogP contribution in [0.3, 0.4) is 0 Å². The van der Waals surface area contributed by atoms with Gasteiger partial charge >= 0.3 is 5.97 Å². The predicted molar refractivity (Wildman–Crippen MR) is 184 cm³/mol. The molecule has 16 nitrogen and oxygen atoms in total. The van der Waals surface area contributed by atoms with E-state index in [0.29, 0.717) is 79.2 Å². The number of ether oxygens (including phenoxy) is 1. The second-order valence-electron chi connectivity index (χ2n) is 11.5. The van der Waals surface area contributed by atoms with Crippen molar-refractivity contribution < 1.29 is 24.2 Å². The summed E-state index contributed by atoms with van der Waals surface area (Å²) in [5.41, 5.74) is 2.63. The maximum absolute atomic E-state index is 12.7. The molecule has 1 amide bonds. The van der Waals surface area contributed by atoms with Crippen LogP contribution in [0, 0.1) is 0 Å². The van der Waals surface area contributed by atoms with Gasteiger partial charge in [0.05, 0.1) is 35.9 Å². The Bertz CT molecular complexity index is 1740. The van der Waals surface area contributed by atoms with Crippen molar-refractivity contribution in [3.8, 4) is 17.1 Å². The quantitative estimate of drug-likeness (QED) is 0.100. The molecule has 0 aliphatic carbocycles. The molecular weight excluding hydrogens is 630 g/mol. The van der Waals surface area contributed by atoms with Crippen molar-refractivity contribution >= 4 is 46.9 Å². The zero-order valence-corrected chi connectivity index (χ0v) is 27.8. The summed E-state index contributed by atoms with van der Waals surface area (Å²) in [4.78, 5) is 48.3. The van der Waals surface area contributed by atoms with E-state index in [9.17, 15) is 19.5 Å². The van der Waals surface area contributed by atoms with Gasteiger partial charge in [0.1, 0.15) is 24.5 Å². The Morgan fingerprint density at radius 2 is 1.82 bits per heavy atom. The molecule has 1 saturated heterocycles. The molecule has 4 N–H and O–H groups in total. The Morgan fingerprint density at radius 1 is 1.00 bits per heavy atom. The first kappa shape index (κ1) is 34.7. The Morgan fingerprint density at radius 3 is 2.47 bits per heavy atom. The summed E-state index contributed by atoms with van der Waals surface area (Å²) in [6, 6.07) is 10.4. The normalized spacial score (nSPS) is 13.8. The van der Waals surface area contributed by atoms with Crippen LogP contribution in [0.1, 0.15) is 42.6 Å². The third-order valence-corrected chi connectivity index (χ3v) is 8.27. The molecule has 16 heteroatoms. The second-order valence-corrected chi connectivity index (χ2v) is 11.5. The number of amides is 1. The van der Waals surface area contributed by atoms with Gasteiger partial charge in [0, 0.05) is 52.8 Å². The van der Waals surface area contributed by atoms with Crippen LogP contribution >= 0.6 is 0 Å². The van der Waals surface area contributed by atoms with E-state index in [4.69, 9.17) is 4.74 Å². The molecule has 1 aromatic carbocycles. The van der Waals surface area contributed by atoms with Gasteiger partial charge in [-0.25, -0.2) is 9.97 Å². The summed E-state index contributed by atoms with van der Waals surface area (Å²) in [5, 5.41) is 31.6. The van der Waals surface area contributed by atoms with E-state index in [2.05, 4.69) is 46.1 Å². The van der Waals surface area contributed by atoms with Crippen LogP contribution < -0.4 is 25.6 Å². The van der Waals surface area contributed by atoms with Crippen molar-refractivity contribution in [2.45, 2.75) is 38.1 Å². The first-order valence-corrected chi connectivity index (χ1v) is 16.1. The van der Waals surface area contributed by atoms with E-state index in [-0.39, 0.29) is 5.69 Å². The molecule has 4 aromatic rings. The van der Waals surface area contributed by atoms with E-state index >= 15 is 0 Å². The third kappa shape index (κ3) is 8.64. The number of aromatic nitrogens is 6. The van der Waals surface area contributed by atoms with Crippen molar-refractivity contribution in [2.24, 2.45) is 7.05 Å². The molecule has 1 unspecified atom stereocenters. The van der Waals surface area contributed by atoms with Gasteiger partial charge < -0.3 is 35.5 Å². The molecule has 4 heterocycles. The molecular formula is C33H41N11O5. The largest absolute Gasteiger partial charge is 0.494 e. The number of hydrogen-bond donors (Lipinski definition) is 4. The molecule has 3 aromatic heterocycles. The number of para-hydroxylation sites is 1. The van der Waals surface area contributed by atoms with Crippen molar-refractivity contribution in [1.29, 1.82) is 0 Å². The molecule has 258 valence electrons. The fourth-order valence-corrected chi connectivity index (χ4v) is 5.75. The number of unbranched alkanes of at least 4 members (excludes halogenated alkanes) is 3. The van der Waals surface area contributed by atoms with Gasteiger partial charge in [0.15, 0.2) is 23.1 Å². The molecule has 0 bridgehead atoms. The highest BCUT2D eigenvalue weighted by Gasteiger charge is 2.28. The summed E-state index contributed by atoms with van der Waals surface area (Å²) in [5.74, 6) is 0.637. The van der Waals surface area contributed by atoms with Gasteiger partial charge in [0.25, 0.3) is 5.91 Å². The number of carbonyl (C=O) groups is 3. The van der Waals surface area contributed by atoms with Crippen molar-refractivity contribution in [2.75, 3.05) is 55.9 Å². The predicted octanol–water partition coefficient (Wildman–Crippen LogP) is 3.25. The van der Waals surface area contributed by atoms with Crippen molar-refractivity contribution in [1.82, 2.24) is 40.2 Å². The number of aliphatic carboxylic acids is 1. The minimum Gasteiger partial charge on any atom is -0.494 e. The fraction of sp³-hybridized carbons (Fsp3) is 0.394. The maximum atomic E-state index is 12.7. The lowest BCUT2D eigenvalue weighted by Gasteiger charge is -2.38. The molecule has 49 heavy (non-hydrogen) atoms. The number of anilines is 5. The highest BCUT2D eigenvalue weighted by molar-refractivity contribution is 5.99. The number of aryl methyl sites for hydroxylation is 1. The number of carbonyl (C=O) groups excluding carboxylic acids is 2. The molecule has 1 aliphatic rings. The minimum atomic E-state index is -0.805. The fourth-order valence-electron chi connectivity index (χ4n) is 5.75. The van der Waals surface area contributed by atoms with Crippen LogP contribution in [-0.4, -0.2) is 104 Å². The molecule has 1 atom stereocenters. The number of pyridine rings is 1. The van der Waals surface area contributed by atoms with Crippen molar-refractivity contribution in [3.63, 3.8) is 0 Å². The van der Waals surface area contributed by atoms with E-state index < -0.39 is 17.9 Å². The molecule has 0 radical (unpaired) electrons. The summed E-state index contributed by atoms with van der Waals surface area (Å²) in [6.45, 7) is 2.60. The standard InChI is InChI=1S/C33H41N11O5/c1-34-32(46)29-25(37-24-10-8-9-23(30(24)49-3)31-36-21-42(2)41-31)19-28(39-40-29)38-27-13-12-22(20-35-27)43-14-16-44(17-15-43)26(33(47)48)11-6-4-5-7-18-45/h8-10,12-13,18-21,26H,4-7,11,14-17H2,1-3H3,(H,34,46)(H,47,48)(H2,35,37,38,39). The van der Waals surface area contributed by atoms with E-state index in [1.807, 2.05) is 35.2 Å². The van der Waals surface area contributed by atoms with Crippen LogP contribution in [0.15, 0.2) is 48.9 Å². The minimum absolute atomic E-state index is 0.0851. The maximum Gasteiger partial charge on any atom is 0.320 e. The van der Waals surface area contributed by atoms with E-state index in [1.165, 1.54) is 7.05 Å². The topological polar surface area (TPSA) is 193 Å². The molecule has 5 rings (SSSR count). The highest BCUT2D eigenvalue weighted by Crippen LogP contribution is 2.37. The number of carboxylic acid groups (broad SMARTS) is 1. The monoisotopic (exact) mass is 671 g/mol. The number of piperazine rings is 1. The number of benzene rings is 1. The number of aldehydes is 1. The van der Waals surface area contributed by atoms with Crippen LogP contribution in [0.2, 0.25) is 0 Å². The smallest absolute Gasteiger partial charge is 0.320 e. The zero-order valence-electron chi connectivity index (χ0n) is 27.8. The molecule has 1 aliphatic heterocycles. The Balaban J connectivity index is 1.26. The van der Waals surface area contributed by atoms with E-state index in [0.717, 1.165) is 31.2 Å². The van der Waals surface area contributed by atoms with Gasteiger partial charge in [-0.15, -0.1) is 10.2 Å². The lowest BCUT2D eigenvalue weighted by Crippen LogP contribution is -2.52. The van der Waals surface area contributed by atoms with Gasteiger partial charge in [-0.1, -0.05) is 18.9 Å². The van der Waals surface area contributed by atoms with Gasteiger partial charge in [0.2, 0.25) is 0 Å². The van der Waals surface area contributed by atoms with E-state index in [1.54, 1.807) is 37.4 Å². The molecule has 1 fully saturated rings. The number of rotatable bonds is 16. The Kier molecular flexibility index (Phi) is 11.6. The summed E-state index contributed by atoms with van der Waals surface area (Å²) < 4.78 is 7.33. The van der Waals surface area contributed by atoms with Gasteiger partial charge in [-0.05, 0) is 37.1 Å². The number of nitrogens with zero attached hydrogens (tertiary/aromatic N) is 8. The first-order chi connectivity index (χ1) is 23.8. The Hall–Kier alpha value is -5.64. The van der Waals surface area contributed by atoms with Crippen molar-refractivity contribution in [3.05, 3.63) is 54.6 Å². The number of nitrogens with one attached hydrogen (secondary N) is 3. The van der Waals surface area contributed by atoms with Crippen LogP contribution in [0.4, 0.5) is 28.7 Å². The molecule has 0 spiro atoms. The van der Waals surface area contributed by atoms with Crippen LogP contribution in [0.5, 0.6) is 5.75 Å². The van der Waals surface area contributed by atoms with Gasteiger partial charge in [-0.2, -0.15) is 5.10 Å². The number of carboxylic acids is 1. The van der Waals surface area contributed by atoms with Crippen LogP contribution in [-0.2, 0) is 16.6 Å². The summed E-state index contributed by atoms with van der Waals surface area (Å²) >= 11 is 0. The lowest BCUT2D eigenvalue weighted by atomic mass is 10.0. The second kappa shape index (κ2) is 16.5. The third-order valence-electron chi connectivity index (χ3n) is 8.27. The number of hydrogen-bond acceptors (Lipinski definition) is 13. The summed E-state index contributed by atoms with van der Waals surface area (Å²) in [7, 11) is 4.85. The van der Waals surface area contributed by atoms with Crippen LogP contribution in [0.25, 0.3) is 11.4 Å². The average Bonchev–Trinajstić information content (AvgIpc) is 3.55. The average molecular weight is 672 g/mol. The zero-order chi connectivity index (χ0) is 34.8.